The molecule has 1 N–H and O–H groups in total. The molecule has 2 heterocycles. The monoisotopic (exact) mass is 362 g/mol. The summed E-state index contributed by atoms with van der Waals surface area (Å²) in [5, 5.41) is 7.12. The summed E-state index contributed by atoms with van der Waals surface area (Å²) < 4.78 is 2.16. The van der Waals surface area contributed by atoms with Crippen molar-refractivity contribution in [3.63, 3.8) is 0 Å². The van der Waals surface area contributed by atoms with Crippen molar-refractivity contribution in [2.45, 2.75) is 25.3 Å². The van der Waals surface area contributed by atoms with Crippen molar-refractivity contribution in [2.24, 2.45) is 0 Å². The largest absolute Gasteiger partial charge is 0.350 e. The maximum atomic E-state index is 12.0. The molecule has 6 nitrogen and oxygen atoms in total. The maximum absolute atomic E-state index is 12.0. The minimum Gasteiger partial charge on any atom is -0.350 e. The Hall–Kier alpha value is -2.02. The smallest absolute Gasteiger partial charge is 0.266 e. The second-order valence-corrected chi connectivity index (χ2v) is 6.16. The van der Waals surface area contributed by atoms with Gasteiger partial charge in [-0.25, -0.2) is 4.68 Å². The Kier molecular flexibility index (Phi) is 4.33. The molecule has 0 unspecified atom stereocenters. The molecule has 7 heteroatoms. The Balaban J connectivity index is 1.60. The highest BCUT2D eigenvalue weighted by molar-refractivity contribution is 9.10. The number of amides is 1. The first-order valence-corrected chi connectivity index (χ1v) is 7.89. The van der Waals surface area contributed by atoms with Crippen LogP contribution in [-0.4, -0.2) is 27.2 Å². The van der Waals surface area contributed by atoms with E-state index in [1.807, 2.05) is 0 Å². The molecule has 0 aliphatic heterocycles. The van der Waals surface area contributed by atoms with Crippen LogP contribution in [0.25, 0.3) is 0 Å². The quantitative estimate of drug-likeness (QED) is 0.878. The molecule has 0 atom stereocenters. The highest BCUT2D eigenvalue weighted by Crippen LogP contribution is 2.38. The topological polar surface area (TPSA) is 76.9 Å². The summed E-state index contributed by atoms with van der Waals surface area (Å²) in [5.74, 6) is 0.273. The summed E-state index contributed by atoms with van der Waals surface area (Å²) in [6, 6.07) is 5.03. The van der Waals surface area contributed by atoms with Gasteiger partial charge in [0.25, 0.3) is 11.5 Å². The number of hydrogen-bond acceptors (Lipinski definition) is 4. The first-order valence-electron chi connectivity index (χ1n) is 7.10. The molecule has 1 aliphatic carbocycles. The molecular weight excluding hydrogens is 348 g/mol. The van der Waals surface area contributed by atoms with E-state index in [0.29, 0.717) is 24.6 Å². The molecule has 0 radical (unpaired) electrons. The van der Waals surface area contributed by atoms with Crippen LogP contribution in [0.2, 0.25) is 0 Å². The molecule has 1 aliphatic rings. The van der Waals surface area contributed by atoms with Gasteiger partial charge in [0.15, 0.2) is 0 Å². The minimum atomic E-state index is -0.222. The number of carbonyl (C=O) groups is 1. The van der Waals surface area contributed by atoms with Gasteiger partial charge in [0.1, 0.15) is 0 Å². The SMILES string of the molecule is O=C(NCCn1nc(C2CC2)ccc1=O)c1cncc(Br)c1. The zero-order chi connectivity index (χ0) is 15.5. The third-order valence-corrected chi connectivity index (χ3v) is 3.89. The number of pyridine rings is 1. The number of nitrogens with zero attached hydrogens (tertiary/aromatic N) is 3. The fourth-order valence-electron chi connectivity index (χ4n) is 2.14. The standard InChI is InChI=1S/C15H15BrN4O2/c16-12-7-11(8-17-9-12)15(22)18-5-6-20-14(21)4-3-13(19-20)10-1-2-10/h3-4,7-10H,1-2,5-6H2,(H,18,22). The molecular formula is C15H15BrN4O2. The summed E-state index contributed by atoms with van der Waals surface area (Å²) in [5.41, 5.74) is 1.28. The fourth-order valence-corrected chi connectivity index (χ4v) is 2.50. The minimum absolute atomic E-state index is 0.150. The Morgan fingerprint density at radius 2 is 2.18 bits per heavy atom. The molecule has 1 saturated carbocycles. The van der Waals surface area contributed by atoms with Gasteiger partial charge in [0.2, 0.25) is 0 Å². The van der Waals surface area contributed by atoms with Crippen LogP contribution in [0.4, 0.5) is 0 Å². The summed E-state index contributed by atoms with van der Waals surface area (Å²) in [6.45, 7) is 0.693. The van der Waals surface area contributed by atoms with Crippen LogP contribution in [0.5, 0.6) is 0 Å². The van der Waals surface area contributed by atoms with Crippen molar-refractivity contribution in [2.75, 3.05) is 6.54 Å². The lowest BCUT2D eigenvalue weighted by Crippen LogP contribution is -2.32. The molecule has 0 spiro atoms. The van der Waals surface area contributed by atoms with Crippen molar-refractivity contribution in [1.29, 1.82) is 0 Å². The Labute approximate surface area is 135 Å². The van der Waals surface area contributed by atoms with Crippen LogP contribution in [-0.2, 0) is 6.54 Å². The number of rotatable bonds is 5. The van der Waals surface area contributed by atoms with Crippen LogP contribution in [0, 0.1) is 0 Å². The second kappa shape index (κ2) is 6.39. The van der Waals surface area contributed by atoms with Crippen molar-refractivity contribution in [3.8, 4) is 0 Å². The number of aromatic nitrogens is 3. The summed E-state index contributed by atoms with van der Waals surface area (Å²) in [7, 11) is 0. The van der Waals surface area contributed by atoms with Crippen molar-refractivity contribution in [1.82, 2.24) is 20.1 Å². The Morgan fingerprint density at radius 3 is 2.91 bits per heavy atom. The first kappa shape index (κ1) is 14.9. The van der Waals surface area contributed by atoms with Gasteiger partial charge in [-0.15, -0.1) is 0 Å². The van der Waals surface area contributed by atoms with E-state index in [-0.39, 0.29) is 11.5 Å². The highest BCUT2D eigenvalue weighted by atomic mass is 79.9. The van der Waals surface area contributed by atoms with Crippen LogP contribution >= 0.6 is 15.9 Å². The van der Waals surface area contributed by atoms with Gasteiger partial charge < -0.3 is 5.32 Å². The summed E-state index contributed by atoms with van der Waals surface area (Å²) in [6.07, 6.45) is 5.39. The van der Waals surface area contributed by atoms with Gasteiger partial charge in [-0.05, 0) is 40.9 Å². The number of nitrogens with one attached hydrogen (secondary N) is 1. The van der Waals surface area contributed by atoms with Crippen LogP contribution in [0.3, 0.4) is 0 Å². The predicted octanol–water partition coefficient (Wildman–Crippen LogP) is 1.71. The zero-order valence-corrected chi connectivity index (χ0v) is 13.4. The van der Waals surface area contributed by atoms with E-state index < -0.39 is 0 Å². The van der Waals surface area contributed by atoms with Crippen LogP contribution < -0.4 is 10.9 Å². The van der Waals surface area contributed by atoms with Crippen molar-refractivity contribution >= 4 is 21.8 Å². The normalized spacial score (nSPS) is 13.9. The molecule has 0 aromatic carbocycles. The summed E-state index contributed by atoms with van der Waals surface area (Å²) in [4.78, 5) is 27.7. The average Bonchev–Trinajstić information content (AvgIpc) is 3.34. The van der Waals surface area contributed by atoms with E-state index in [1.54, 1.807) is 24.4 Å². The zero-order valence-electron chi connectivity index (χ0n) is 11.8. The van der Waals surface area contributed by atoms with Crippen molar-refractivity contribution in [3.05, 3.63) is 56.7 Å². The lowest BCUT2D eigenvalue weighted by Gasteiger charge is -2.08. The Morgan fingerprint density at radius 1 is 1.36 bits per heavy atom. The van der Waals surface area contributed by atoms with Gasteiger partial charge >= 0.3 is 0 Å². The average molecular weight is 363 g/mol. The van der Waals surface area contributed by atoms with Gasteiger partial charge in [0, 0.05) is 35.4 Å². The fraction of sp³-hybridized carbons (Fsp3) is 0.333. The molecule has 114 valence electrons. The molecule has 2 aromatic rings. The number of carbonyl (C=O) groups excluding carboxylic acids is 1. The van der Waals surface area contributed by atoms with Gasteiger partial charge in [0.05, 0.1) is 17.8 Å². The van der Waals surface area contributed by atoms with E-state index in [0.717, 1.165) is 23.0 Å². The molecule has 1 fully saturated rings. The highest BCUT2D eigenvalue weighted by Gasteiger charge is 2.25. The predicted molar refractivity (Wildman–Crippen MR) is 84.7 cm³/mol. The molecule has 22 heavy (non-hydrogen) atoms. The Bertz CT molecular complexity index is 755. The van der Waals surface area contributed by atoms with E-state index in [9.17, 15) is 9.59 Å². The van der Waals surface area contributed by atoms with Gasteiger partial charge in [-0.1, -0.05) is 0 Å². The number of halogens is 1. The molecule has 0 saturated heterocycles. The van der Waals surface area contributed by atoms with Gasteiger partial charge in [-0.2, -0.15) is 5.10 Å². The second-order valence-electron chi connectivity index (χ2n) is 5.24. The molecule has 0 bridgehead atoms. The van der Waals surface area contributed by atoms with E-state index in [4.69, 9.17) is 0 Å². The molecule has 1 amide bonds. The van der Waals surface area contributed by atoms with Crippen LogP contribution in [0.1, 0.15) is 34.8 Å². The third kappa shape index (κ3) is 3.59. The van der Waals surface area contributed by atoms with Crippen molar-refractivity contribution < 1.29 is 4.79 Å². The number of hydrogen-bond donors (Lipinski definition) is 1. The summed E-state index contributed by atoms with van der Waals surface area (Å²) >= 11 is 3.27. The van der Waals surface area contributed by atoms with E-state index >= 15 is 0 Å². The lowest BCUT2D eigenvalue weighted by molar-refractivity contribution is 0.0951. The van der Waals surface area contributed by atoms with Crippen LogP contribution in [0.15, 0.2) is 39.9 Å². The van der Waals surface area contributed by atoms with E-state index in [1.165, 1.54) is 10.9 Å². The van der Waals surface area contributed by atoms with Gasteiger partial charge in [-0.3, -0.25) is 14.6 Å². The lowest BCUT2D eigenvalue weighted by atomic mass is 10.2. The van der Waals surface area contributed by atoms with E-state index in [2.05, 4.69) is 31.3 Å². The third-order valence-electron chi connectivity index (χ3n) is 3.46. The molecule has 3 rings (SSSR count). The molecule has 2 aromatic heterocycles. The first-order chi connectivity index (χ1) is 10.6. The maximum Gasteiger partial charge on any atom is 0.266 e.